The molecule has 0 saturated carbocycles. The van der Waals surface area contributed by atoms with Gasteiger partial charge in [-0.2, -0.15) is 0 Å². The van der Waals surface area contributed by atoms with Gasteiger partial charge >= 0.3 is 25.6 Å². The molecule has 0 saturated heterocycles. The molecule has 0 aliphatic rings. The van der Waals surface area contributed by atoms with E-state index in [0.717, 1.165) is 16.7 Å². The number of hydrogen-bond acceptors (Lipinski definition) is 8. The summed E-state index contributed by atoms with van der Waals surface area (Å²) in [7, 11) is -4.21. The molecular formula is C35H36NO9P. The van der Waals surface area contributed by atoms with Gasteiger partial charge in [-0.3, -0.25) is 9.36 Å². The minimum absolute atomic E-state index is 0.0239. The maximum Gasteiger partial charge on any atom is 0.408 e. The van der Waals surface area contributed by atoms with Crippen molar-refractivity contribution in [2.45, 2.75) is 45.3 Å². The number of amides is 1. The summed E-state index contributed by atoms with van der Waals surface area (Å²) in [6, 6.07) is 32.9. The van der Waals surface area contributed by atoms with Gasteiger partial charge in [0.25, 0.3) is 0 Å². The van der Waals surface area contributed by atoms with Crippen LogP contribution in [0.25, 0.3) is 0 Å². The fourth-order valence-electron chi connectivity index (χ4n) is 4.30. The Labute approximate surface area is 267 Å². The van der Waals surface area contributed by atoms with Crippen molar-refractivity contribution in [3.8, 4) is 0 Å². The zero-order valence-corrected chi connectivity index (χ0v) is 26.1. The molecule has 0 bridgehead atoms. The van der Waals surface area contributed by atoms with Gasteiger partial charge in [-0.05, 0) is 34.2 Å². The van der Waals surface area contributed by atoms with E-state index in [1.165, 1.54) is 0 Å². The van der Waals surface area contributed by atoms with Gasteiger partial charge in [0, 0.05) is 0 Å². The highest BCUT2D eigenvalue weighted by Gasteiger charge is 2.28. The molecule has 2 unspecified atom stereocenters. The number of esters is 2. The molecular weight excluding hydrogens is 609 g/mol. The molecule has 1 amide bonds. The van der Waals surface area contributed by atoms with Crippen LogP contribution in [-0.4, -0.2) is 35.1 Å². The van der Waals surface area contributed by atoms with Crippen LogP contribution in [0.15, 0.2) is 115 Å². The van der Waals surface area contributed by atoms with Gasteiger partial charge < -0.3 is 28.9 Å². The molecule has 4 rings (SSSR count). The van der Waals surface area contributed by atoms with Crippen LogP contribution < -0.4 is 5.32 Å². The van der Waals surface area contributed by atoms with Crippen molar-refractivity contribution in [2.75, 3.05) is 6.16 Å². The third-order valence-electron chi connectivity index (χ3n) is 6.73. The van der Waals surface area contributed by atoms with Crippen LogP contribution in [-0.2, 0) is 65.7 Å². The summed E-state index contributed by atoms with van der Waals surface area (Å²) in [5.41, 5.74) is 3.60. The predicted octanol–water partition coefficient (Wildman–Crippen LogP) is 6.10. The Bertz CT molecular complexity index is 1600. The van der Waals surface area contributed by atoms with Gasteiger partial charge in [0.1, 0.15) is 25.9 Å². The smallest absolute Gasteiger partial charge is 0.408 e. The second-order valence-corrected chi connectivity index (χ2v) is 12.4. The zero-order chi connectivity index (χ0) is 32.6. The minimum Gasteiger partial charge on any atom is -0.461 e. The van der Waals surface area contributed by atoms with Gasteiger partial charge in [0.05, 0.1) is 19.2 Å². The maximum absolute atomic E-state index is 12.9. The summed E-state index contributed by atoms with van der Waals surface area (Å²) >= 11 is 0. The monoisotopic (exact) mass is 645 g/mol. The van der Waals surface area contributed by atoms with Crippen LogP contribution in [0, 0.1) is 0 Å². The Hall–Kier alpha value is -4.76. The molecule has 4 aromatic carbocycles. The Morgan fingerprint density at radius 1 is 0.630 bits per heavy atom. The van der Waals surface area contributed by atoms with Crippen LogP contribution >= 0.6 is 7.60 Å². The lowest BCUT2D eigenvalue weighted by Gasteiger charge is -2.19. The van der Waals surface area contributed by atoms with Crippen molar-refractivity contribution >= 4 is 25.6 Å². The number of ether oxygens (including phenoxy) is 3. The van der Waals surface area contributed by atoms with E-state index in [2.05, 4.69) is 5.32 Å². The van der Waals surface area contributed by atoms with Crippen molar-refractivity contribution in [3.05, 3.63) is 143 Å². The highest BCUT2D eigenvalue weighted by molar-refractivity contribution is 7.52. The number of carbonyl (C=O) groups excluding carboxylic acids is 3. The number of carbonyl (C=O) groups is 3. The summed E-state index contributed by atoms with van der Waals surface area (Å²) < 4.78 is 34.2. The van der Waals surface area contributed by atoms with E-state index in [9.17, 15) is 23.8 Å². The van der Waals surface area contributed by atoms with Crippen molar-refractivity contribution in [2.24, 2.45) is 0 Å². The standard InChI is InChI=1S/C35H36NO9P/c37-33(42-23-27-11-4-1-5-12-27)22-30-17-10-18-31(21-30)26-45-46(40,41)20-19-32(34(38)43-24-28-13-6-2-7-14-28)36-35(39)44-25-29-15-8-3-9-16-29/h1-18,21,32H,19-20,22-26H2,(H,36,39)(H,40,41). The molecule has 0 aliphatic heterocycles. The van der Waals surface area contributed by atoms with Gasteiger partial charge in [-0.1, -0.05) is 115 Å². The van der Waals surface area contributed by atoms with Crippen molar-refractivity contribution in [3.63, 3.8) is 0 Å². The Morgan fingerprint density at radius 2 is 1.13 bits per heavy atom. The lowest BCUT2D eigenvalue weighted by molar-refractivity contribution is -0.147. The molecule has 0 radical (unpaired) electrons. The summed E-state index contributed by atoms with van der Waals surface area (Å²) in [5.74, 6) is -1.19. The highest BCUT2D eigenvalue weighted by atomic mass is 31.2. The number of nitrogens with one attached hydrogen (secondary N) is 1. The van der Waals surface area contributed by atoms with E-state index in [4.69, 9.17) is 18.7 Å². The highest BCUT2D eigenvalue weighted by Crippen LogP contribution is 2.43. The number of benzene rings is 4. The molecule has 10 nitrogen and oxygen atoms in total. The van der Waals surface area contributed by atoms with Crippen LogP contribution in [0.3, 0.4) is 0 Å². The first-order valence-electron chi connectivity index (χ1n) is 14.7. The largest absolute Gasteiger partial charge is 0.461 e. The fourth-order valence-corrected chi connectivity index (χ4v) is 5.37. The third-order valence-corrected chi connectivity index (χ3v) is 8.08. The first-order chi connectivity index (χ1) is 22.3. The van der Waals surface area contributed by atoms with Crippen LogP contribution in [0.4, 0.5) is 4.79 Å². The predicted molar refractivity (Wildman–Crippen MR) is 170 cm³/mol. The Kier molecular flexibility index (Phi) is 13.1. The molecule has 0 aromatic heterocycles. The molecule has 0 heterocycles. The van der Waals surface area contributed by atoms with E-state index in [1.54, 1.807) is 72.8 Å². The normalized spacial score (nSPS) is 12.7. The van der Waals surface area contributed by atoms with E-state index in [1.807, 2.05) is 42.5 Å². The quantitative estimate of drug-likeness (QED) is 0.0841. The lowest BCUT2D eigenvalue weighted by Crippen LogP contribution is -2.42. The molecule has 2 N–H and O–H groups in total. The van der Waals surface area contributed by atoms with Gasteiger partial charge in [-0.15, -0.1) is 0 Å². The molecule has 240 valence electrons. The molecule has 4 aromatic rings. The van der Waals surface area contributed by atoms with Gasteiger partial charge in [0.2, 0.25) is 0 Å². The van der Waals surface area contributed by atoms with E-state index in [-0.39, 0.29) is 39.3 Å². The van der Waals surface area contributed by atoms with Crippen LogP contribution in [0.2, 0.25) is 0 Å². The average molecular weight is 646 g/mol. The van der Waals surface area contributed by atoms with Gasteiger partial charge in [-0.25, -0.2) is 9.59 Å². The fraction of sp³-hybridized carbons (Fsp3) is 0.229. The SMILES string of the molecule is O=C(Cc1cccc(COP(=O)(O)CCC(NC(=O)OCc2ccccc2)C(=O)OCc2ccccc2)c1)OCc1ccccc1. The second kappa shape index (κ2) is 17.7. The lowest BCUT2D eigenvalue weighted by atomic mass is 10.1. The van der Waals surface area contributed by atoms with Crippen molar-refractivity contribution < 1.29 is 42.6 Å². The van der Waals surface area contributed by atoms with E-state index in [0.29, 0.717) is 11.1 Å². The number of rotatable bonds is 16. The topological polar surface area (TPSA) is 137 Å². The molecule has 46 heavy (non-hydrogen) atoms. The van der Waals surface area contributed by atoms with Crippen molar-refractivity contribution in [1.29, 1.82) is 0 Å². The minimum atomic E-state index is -4.21. The first-order valence-corrected chi connectivity index (χ1v) is 16.4. The van der Waals surface area contributed by atoms with Gasteiger partial charge in [0.15, 0.2) is 0 Å². The number of hydrogen-bond donors (Lipinski definition) is 2. The maximum atomic E-state index is 12.9. The Morgan fingerprint density at radius 3 is 1.72 bits per heavy atom. The van der Waals surface area contributed by atoms with Crippen LogP contribution in [0.1, 0.15) is 34.2 Å². The Balaban J connectivity index is 1.29. The molecule has 0 fully saturated rings. The van der Waals surface area contributed by atoms with Crippen LogP contribution in [0.5, 0.6) is 0 Å². The summed E-state index contributed by atoms with van der Waals surface area (Å²) in [6.07, 6.45) is -1.54. The summed E-state index contributed by atoms with van der Waals surface area (Å²) in [5, 5.41) is 2.45. The molecule has 0 spiro atoms. The van der Waals surface area contributed by atoms with E-state index < -0.39 is 37.8 Å². The van der Waals surface area contributed by atoms with E-state index >= 15 is 0 Å². The second-order valence-electron chi connectivity index (χ2n) is 10.4. The molecule has 11 heteroatoms. The zero-order valence-electron chi connectivity index (χ0n) is 25.2. The average Bonchev–Trinajstić information content (AvgIpc) is 3.08. The first kappa shape index (κ1) is 34.1. The number of alkyl carbamates (subject to hydrolysis) is 1. The molecule has 2 atom stereocenters. The molecule has 0 aliphatic carbocycles. The van der Waals surface area contributed by atoms with Crippen molar-refractivity contribution in [1.82, 2.24) is 5.32 Å². The third kappa shape index (κ3) is 12.3. The summed E-state index contributed by atoms with van der Waals surface area (Å²) in [4.78, 5) is 48.3. The summed E-state index contributed by atoms with van der Waals surface area (Å²) in [6.45, 7) is -0.114.